The van der Waals surface area contributed by atoms with Gasteiger partial charge in [-0.2, -0.15) is 5.06 Å². The highest BCUT2D eigenvalue weighted by Crippen LogP contribution is 2.29. The Labute approximate surface area is 106 Å². The monoisotopic (exact) mass is 243 g/mol. The summed E-state index contributed by atoms with van der Waals surface area (Å²) in [5.41, 5.74) is -0.206. The van der Waals surface area contributed by atoms with Crippen LogP contribution in [0.2, 0.25) is 0 Å². The molecule has 3 nitrogen and oxygen atoms in total. The number of Topliss-reactive ketones (excluding diaryl/α,β-unsaturated/α-hetero) is 1. The number of hydrogen-bond donors (Lipinski definition) is 0. The summed E-state index contributed by atoms with van der Waals surface area (Å²) in [6.07, 6.45) is 1.12. The van der Waals surface area contributed by atoms with Gasteiger partial charge < -0.3 is 0 Å². The SMILES string of the molecule is CCC(=O)C(C)ON(C(C)(C)C)C(C)(C)CC. The van der Waals surface area contributed by atoms with E-state index in [0.717, 1.165) is 6.42 Å². The second-order valence-electron chi connectivity index (χ2n) is 6.20. The highest BCUT2D eigenvalue weighted by Gasteiger charge is 2.36. The molecule has 0 bridgehead atoms. The van der Waals surface area contributed by atoms with Gasteiger partial charge in [0.2, 0.25) is 0 Å². The van der Waals surface area contributed by atoms with E-state index < -0.39 is 0 Å². The summed E-state index contributed by atoms with van der Waals surface area (Å²) in [5.74, 6) is 0.145. The van der Waals surface area contributed by atoms with Crippen molar-refractivity contribution < 1.29 is 9.63 Å². The summed E-state index contributed by atoms with van der Waals surface area (Å²) in [6.45, 7) is 16.4. The third kappa shape index (κ3) is 4.76. The van der Waals surface area contributed by atoms with Gasteiger partial charge in [-0.25, -0.2) is 0 Å². The first-order valence-electron chi connectivity index (χ1n) is 6.56. The molecule has 0 radical (unpaired) electrons. The van der Waals surface area contributed by atoms with Gasteiger partial charge in [0.05, 0.1) is 0 Å². The summed E-state index contributed by atoms with van der Waals surface area (Å²) in [7, 11) is 0. The van der Waals surface area contributed by atoms with Crippen LogP contribution in [-0.4, -0.2) is 28.0 Å². The van der Waals surface area contributed by atoms with Gasteiger partial charge in [-0.15, -0.1) is 0 Å². The van der Waals surface area contributed by atoms with Crippen molar-refractivity contribution in [3.63, 3.8) is 0 Å². The zero-order valence-corrected chi connectivity index (χ0v) is 12.8. The third-order valence-electron chi connectivity index (χ3n) is 3.09. The predicted octanol–water partition coefficient (Wildman–Crippen LogP) is 3.57. The zero-order chi connectivity index (χ0) is 13.9. The van der Waals surface area contributed by atoms with E-state index in [0.29, 0.717) is 6.42 Å². The molecule has 102 valence electrons. The Kier molecular flexibility index (Phi) is 5.82. The van der Waals surface area contributed by atoms with Crippen molar-refractivity contribution in [2.75, 3.05) is 0 Å². The average molecular weight is 243 g/mol. The fourth-order valence-electron chi connectivity index (χ4n) is 1.86. The summed E-state index contributed by atoms with van der Waals surface area (Å²) in [5, 5.41) is 1.97. The second kappa shape index (κ2) is 5.96. The van der Waals surface area contributed by atoms with Gasteiger partial charge in [0.15, 0.2) is 5.78 Å². The van der Waals surface area contributed by atoms with Crippen molar-refractivity contribution in [3.05, 3.63) is 0 Å². The Morgan fingerprint density at radius 2 is 1.65 bits per heavy atom. The summed E-state index contributed by atoms with van der Waals surface area (Å²) < 4.78 is 0. The first-order chi connectivity index (χ1) is 7.56. The molecule has 0 spiro atoms. The normalized spacial score (nSPS) is 15.1. The molecule has 0 heterocycles. The largest absolute Gasteiger partial charge is 0.297 e. The van der Waals surface area contributed by atoms with Crippen molar-refractivity contribution in [1.82, 2.24) is 5.06 Å². The number of carbonyl (C=O) groups excluding carboxylic acids is 1. The Balaban J connectivity index is 4.92. The maximum absolute atomic E-state index is 11.6. The molecule has 17 heavy (non-hydrogen) atoms. The van der Waals surface area contributed by atoms with E-state index in [1.807, 2.05) is 18.9 Å². The number of rotatable bonds is 6. The minimum absolute atomic E-state index is 0.0828. The van der Waals surface area contributed by atoms with Crippen LogP contribution in [0, 0.1) is 0 Å². The van der Waals surface area contributed by atoms with Crippen LogP contribution in [0.3, 0.4) is 0 Å². The quantitative estimate of drug-likeness (QED) is 0.668. The van der Waals surface area contributed by atoms with Crippen LogP contribution in [0.25, 0.3) is 0 Å². The molecule has 0 N–H and O–H groups in total. The molecule has 0 fully saturated rings. The Morgan fingerprint density at radius 3 is 1.94 bits per heavy atom. The summed E-state index contributed by atoms with van der Waals surface area (Å²) in [4.78, 5) is 17.5. The lowest BCUT2D eigenvalue weighted by Gasteiger charge is -2.46. The highest BCUT2D eigenvalue weighted by atomic mass is 16.7. The summed E-state index contributed by atoms with van der Waals surface area (Å²) >= 11 is 0. The molecule has 0 aromatic carbocycles. The van der Waals surface area contributed by atoms with Crippen LogP contribution in [0.5, 0.6) is 0 Å². The number of ketones is 1. The molecule has 3 heteroatoms. The molecule has 0 aromatic rings. The minimum atomic E-state index is -0.370. The fourth-order valence-corrected chi connectivity index (χ4v) is 1.86. The van der Waals surface area contributed by atoms with E-state index in [4.69, 9.17) is 4.84 Å². The van der Waals surface area contributed by atoms with Crippen LogP contribution in [-0.2, 0) is 9.63 Å². The summed E-state index contributed by atoms with van der Waals surface area (Å²) in [6, 6.07) is 0. The molecule has 0 aliphatic rings. The first-order valence-corrected chi connectivity index (χ1v) is 6.56. The molecule has 1 atom stereocenters. The molecular weight excluding hydrogens is 214 g/mol. The van der Waals surface area contributed by atoms with Gasteiger partial charge in [0.1, 0.15) is 6.10 Å². The van der Waals surface area contributed by atoms with Crippen molar-refractivity contribution >= 4 is 5.78 Å². The van der Waals surface area contributed by atoms with Gasteiger partial charge in [0, 0.05) is 17.5 Å². The van der Waals surface area contributed by atoms with Gasteiger partial charge in [-0.05, 0) is 48.0 Å². The maximum atomic E-state index is 11.6. The lowest BCUT2D eigenvalue weighted by atomic mass is 9.95. The van der Waals surface area contributed by atoms with Crippen LogP contribution in [0.1, 0.15) is 68.2 Å². The standard InChI is InChI=1S/C14H29NO2/c1-9-12(16)11(3)17-15(13(4,5)6)14(7,8)10-2/h11H,9-10H2,1-8H3. The maximum Gasteiger partial charge on any atom is 0.163 e. The van der Waals surface area contributed by atoms with E-state index in [1.165, 1.54) is 0 Å². The average Bonchev–Trinajstić information content (AvgIpc) is 2.22. The Hall–Kier alpha value is -0.410. The van der Waals surface area contributed by atoms with Gasteiger partial charge in [0.25, 0.3) is 0 Å². The fraction of sp³-hybridized carbons (Fsp3) is 0.929. The first kappa shape index (κ1) is 16.6. The van der Waals surface area contributed by atoms with E-state index >= 15 is 0 Å². The van der Waals surface area contributed by atoms with E-state index in [9.17, 15) is 4.79 Å². The molecule has 0 aliphatic heterocycles. The Morgan fingerprint density at radius 1 is 1.18 bits per heavy atom. The van der Waals surface area contributed by atoms with Crippen molar-refractivity contribution in [3.8, 4) is 0 Å². The third-order valence-corrected chi connectivity index (χ3v) is 3.09. The molecule has 0 aliphatic carbocycles. The number of carbonyl (C=O) groups is 1. The van der Waals surface area contributed by atoms with Crippen LogP contribution < -0.4 is 0 Å². The highest BCUT2D eigenvalue weighted by molar-refractivity contribution is 5.82. The van der Waals surface area contributed by atoms with Crippen molar-refractivity contribution in [1.29, 1.82) is 0 Å². The van der Waals surface area contributed by atoms with E-state index in [2.05, 4.69) is 41.5 Å². The molecule has 0 rings (SSSR count). The van der Waals surface area contributed by atoms with Gasteiger partial charge in [-0.1, -0.05) is 13.8 Å². The van der Waals surface area contributed by atoms with Crippen molar-refractivity contribution in [2.24, 2.45) is 0 Å². The lowest BCUT2D eigenvalue weighted by molar-refractivity contribution is -0.279. The van der Waals surface area contributed by atoms with Crippen molar-refractivity contribution in [2.45, 2.75) is 85.4 Å². The molecule has 0 saturated heterocycles. The smallest absolute Gasteiger partial charge is 0.163 e. The molecule has 0 aromatic heterocycles. The minimum Gasteiger partial charge on any atom is -0.297 e. The number of nitrogens with zero attached hydrogens (tertiary/aromatic N) is 1. The van der Waals surface area contributed by atoms with Crippen LogP contribution >= 0.6 is 0 Å². The topological polar surface area (TPSA) is 29.5 Å². The number of hydroxylamine groups is 2. The predicted molar refractivity (Wildman–Crippen MR) is 71.8 cm³/mol. The second-order valence-corrected chi connectivity index (χ2v) is 6.20. The zero-order valence-electron chi connectivity index (χ0n) is 12.8. The van der Waals surface area contributed by atoms with Gasteiger partial charge >= 0.3 is 0 Å². The van der Waals surface area contributed by atoms with Crippen LogP contribution in [0.15, 0.2) is 0 Å². The molecular formula is C14H29NO2. The number of hydrogen-bond acceptors (Lipinski definition) is 3. The molecule has 1 unspecified atom stereocenters. The van der Waals surface area contributed by atoms with E-state index in [-0.39, 0.29) is 23.0 Å². The molecule has 0 amide bonds. The van der Waals surface area contributed by atoms with E-state index in [1.54, 1.807) is 0 Å². The lowest BCUT2D eigenvalue weighted by Crippen LogP contribution is -2.55. The van der Waals surface area contributed by atoms with Gasteiger partial charge in [-0.3, -0.25) is 9.63 Å². The Bertz CT molecular complexity index is 253. The molecule has 0 saturated carbocycles. The van der Waals surface area contributed by atoms with Crippen LogP contribution in [0.4, 0.5) is 0 Å².